The molecule has 0 amide bonds. The van der Waals surface area contributed by atoms with Crippen LogP contribution in [0.25, 0.3) is 0 Å². The molecule has 0 N–H and O–H groups in total. The van der Waals surface area contributed by atoms with Crippen molar-refractivity contribution in [2.75, 3.05) is 0 Å². The number of aliphatic imine (C=N–C) groups is 1. The lowest BCUT2D eigenvalue weighted by atomic mass is 10.3. The van der Waals surface area contributed by atoms with Crippen LogP contribution in [-0.2, 0) is 9.53 Å². The van der Waals surface area contributed by atoms with Crippen molar-refractivity contribution < 1.29 is 19.0 Å². The van der Waals surface area contributed by atoms with Crippen LogP contribution in [0.4, 0.5) is 5.69 Å². The molecule has 0 bridgehead atoms. The minimum Gasteiger partial charge on any atom is -0.440 e. The summed E-state index contributed by atoms with van der Waals surface area (Å²) in [5, 5.41) is 0. The van der Waals surface area contributed by atoms with Crippen molar-refractivity contribution in [1.29, 1.82) is 0 Å². The highest BCUT2D eigenvalue weighted by atomic mass is 16.7. The van der Waals surface area contributed by atoms with Crippen LogP contribution in [0, 0.1) is 0 Å². The molecule has 0 radical (unpaired) electrons. The van der Waals surface area contributed by atoms with Crippen LogP contribution < -0.4 is 9.47 Å². The van der Waals surface area contributed by atoms with Gasteiger partial charge in [0.1, 0.15) is 11.5 Å². The monoisotopic (exact) mass is 359 g/mol. The molecule has 0 spiro atoms. The Morgan fingerprint density at radius 2 is 1.22 bits per heavy atom. The minimum atomic E-state index is -0.739. The van der Waals surface area contributed by atoms with Crippen molar-refractivity contribution in [1.82, 2.24) is 0 Å². The summed E-state index contributed by atoms with van der Waals surface area (Å²) in [5.74, 6) is 0.950. The Morgan fingerprint density at radius 1 is 0.704 bits per heavy atom. The van der Waals surface area contributed by atoms with Crippen LogP contribution in [0.5, 0.6) is 11.5 Å². The number of epoxide rings is 1. The van der Waals surface area contributed by atoms with Crippen molar-refractivity contribution in [2.24, 2.45) is 4.99 Å². The van der Waals surface area contributed by atoms with Gasteiger partial charge in [-0.05, 0) is 36.4 Å². The highest BCUT2D eigenvalue weighted by Gasteiger charge is 2.51. The second-order valence-corrected chi connectivity index (χ2v) is 5.91. The minimum absolute atomic E-state index is 0.322. The Bertz CT molecular complexity index is 926. The van der Waals surface area contributed by atoms with Gasteiger partial charge in [-0.2, -0.15) is 0 Å². The maximum absolute atomic E-state index is 12.3. The number of para-hydroxylation sites is 3. The number of ether oxygens (including phenoxy) is 3. The van der Waals surface area contributed by atoms with E-state index in [9.17, 15) is 4.79 Å². The molecule has 27 heavy (non-hydrogen) atoms. The van der Waals surface area contributed by atoms with E-state index < -0.39 is 18.2 Å². The van der Waals surface area contributed by atoms with Gasteiger partial charge in [-0.1, -0.05) is 54.6 Å². The van der Waals surface area contributed by atoms with Crippen molar-refractivity contribution >= 4 is 17.6 Å². The van der Waals surface area contributed by atoms with Gasteiger partial charge in [0, 0.05) is 0 Å². The van der Waals surface area contributed by atoms with Crippen molar-refractivity contribution in [3.8, 4) is 11.5 Å². The zero-order valence-electron chi connectivity index (χ0n) is 14.4. The summed E-state index contributed by atoms with van der Waals surface area (Å²) in [6.07, 6.45) is -1.32. The predicted molar refractivity (Wildman–Crippen MR) is 101 cm³/mol. The van der Waals surface area contributed by atoms with E-state index in [0.29, 0.717) is 23.1 Å². The molecule has 5 heteroatoms. The molecule has 0 saturated carbocycles. The lowest BCUT2D eigenvalue weighted by Gasteiger charge is -2.07. The number of benzene rings is 3. The second kappa shape index (κ2) is 7.85. The normalized spacial score (nSPS) is 18.6. The fourth-order valence-corrected chi connectivity index (χ4v) is 2.53. The van der Waals surface area contributed by atoms with Crippen LogP contribution in [-0.4, -0.2) is 24.1 Å². The highest BCUT2D eigenvalue weighted by molar-refractivity contribution is 5.95. The first-order valence-electron chi connectivity index (χ1n) is 8.58. The number of hydrogen-bond acceptors (Lipinski definition) is 5. The number of carbonyl (C=O) groups is 1. The first-order valence-corrected chi connectivity index (χ1v) is 8.58. The van der Waals surface area contributed by atoms with Crippen LogP contribution >= 0.6 is 0 Å². The zero-order chi connectivity index (χ0) is 18.5. The van der Waals surface area contributed by atoms with E-state index >= 15 is 0 Å². The van der Waals surface area contributed by atoms with Gasteiger partial charge >= 0.3 is 5.97 Å². The van der Waals surface area contributed by atoms with E-state index in [-0.39, 0.29) is 0 Å². The fourth-order valence-electron chi connectivity index (χ4n) is 2.53. The predicted octanol–water partition coefficient (Wildman–Crippen LogP) is 4.17. The lowest BCUT2D eigenvalue weighted by Crippen LogP contribution is -2.24. The third kappa shape index (κ3) is 4.40. The van der Waals surface area contributed by atoms with Gasteiger partial charge in [0.05, 0.1) is 5.69 Å². The van der Waals surface area contributed by atoms with Gasteiger partial charge in [0.25, 0.3) is 0 Å². The molecule has 1 aliphatic heterocycles. The van der Waals surface area contributed by atoms with Gasteiger partial charge in [-0.25, -0.2) is 9.79 Å². The molecule has 2 atom stereocenters. The summed E-state index contributed by atoms with van der Waals surface area (Å²) in [4.78, 5) is 16.9. The summed E-state index contributed by atoms with van der Waals surface area (Å²) in [6, 6.07) is 27.5. The Labute approximate surface area is 156 Å². The lowest BCUT2D eigenvalue weighted by molar-refractivity contribution is -0.135. The molecule has 134 valence electrons. The number of esters is 1. The summed E-state index contributed by atoms with van der Waals surface area (Å²) in [7, 11) is 0. The first-order chi connectivity index (χ1) is 13.3. The van der Waals surface area contributed by atoms with E-state index in [1.807, 2.05) is 66.7 Å². The SMILES string of the molecule is O=C(Oc1ccccc1)C1OC1C(=Nc1ccccc1)Oc1ccccc1. The molecular formula is C22H17NO4. The van der Waals surface area contributed by atoms with Crippen molar-refractivity contribution in [3.63, 3.8) is 0 Å². The van der Waals surface area contributed by atoms with Gasteiger partial charge in [0.2, 0.25) is 5.90 Å². The summed E-state index contributed by atoms with van der Waals surface area (Å²) in [6.45, 7) is 0. The summed E-state index contributed by atoms with van der Waals surface area (Å²) in [5.41, 5.74) is 0.717. The smallest absolute Gasteiger partial charge is 0.344 e. The first kappa shape index (κ1) is 17.0. The number of nitrogens with zero attached hydrogens (tertiary/aromatic N) is 1. The standard InChI is InChI=1S/C22H17NO4/c24-22(26-18-14-8-3-9-15-18)20-19(27-20)21(23-16-10-4-1-5-11-16)25-17-12-6-2-7-13-17/h1-15,19-20H. The molecule has 0 aliphatic carbocycles. The number of rotatable bonds is 5. The van der Waals surface area contributed by atoms with Crippen LogP contribution in [0.2, 0.25) is 0 Å². The van der Waals surface area contributed by atoms with Crippen molar-refractivity contribution in [2.45, 2.75) is 12.2 Å². The molecule has 4 rings (SSSR count). The molecule has 3 aromatic rings. The van der Waals surface area contributed by atoms with Crippen LogP contribution in [0.15, 0.2) is 96.0 Å². The largest absolute Gasteiger partial charge is 0.440 e. The maximum atomic E-state index is 12.3. The topological polar surface area (TPSA) is 60.4 Å². The van der Waals surface area contributed by atoms with E-state index in [0.717, 1.165) is 0 Å². The molecule has 1 saturated heterocycles. The van der Waals surface area contributed by atoms with Crippen LogP contribution in [0.3, 0.4) is 0 Å². The average molecular weight is 359 g/mol. The highest BCUT2D eigenvalue weighted by Crippen LogP contribution is 2.29. The van der Waals surface area contributed by atoms with Gasteiger partial charge in [0.15, 0.2) is 12.2 Å². The van der Waals surface area contributed by atoms with E-state index in [1.54, 1.807) is 24.3 Å². The average Bonchev–Trinajstić information content (AvgIpc) is 3.51. The van der Waals surface area contributed by atoms with Crippen molar-refractivity contribution in [3.05, 3.63) is 91.0 Å². The molecule has 5 nitrogen and oxygen atoms in total. The molecule has 3 aromatic carbocycles. The Balaban J connectivity index is 1.51. The van der Waals surface area contributed by atoms with Gasteiger partial charge in [-0.15, -0.1) is 0 Å². The maximum Gasteiger partial charge on any atom is 0.344 e. The third-order valence-electron chi connectivity index (χ3n) is 3.89. The summed E-state index contributed by atoms with van der Waals surface area (Å²) < 4.78 is 16.8. The molecule has 1 heterocycles. The molecular weight excluding hydrogens is 342 g/mol. The van der Waals surface area contributed by atoms with E-state index in [4.69, 9.17) is 14.2 Å². The molecule has 2 unspecified atom stereocenters. The molecule has 0 aromatic heterocycles. The quantitative estimate of drug-likeness (QED) is 0.226. The third-order valence-corrected chi connectivity index (χ3v) is 3.89. The molecule has 1 aliphatic rings. The molecule has 1 fully saturated rings. The fraction of sp³-hybridized carbons (Fsp3) is 0.0909. The van der Waals surface area contributed by atoms with E-state index in [1.165, 1.54) is 0 Å². The Kier molecular flexibility index (Phi) is 4.94. The Morgan fingerprint density at radius 3 is 1.81 bits per heavy atom. The zero-order valence-corrected chi connectivity index (χ0v) is 14.4. The summed E-state index contributed by atoms with van der Waals surface area (Å²) >= 11 is 0. The van der Waals surface area contributed by atoms with E-state index in [2.05, 4.69) is 4.99 Å². The second-order valence-electron chi connectivity index (χ2n) is 5.91. The number of carbonyl (C=O) groups excluding carboxylic acids is 1. The van der Waals surface area contributed by atoms with Gasteiger partial charge in [-0.3, -0.25) is 0 Å². The van der Waals surface area contributed by atoms with Gasteiger partial charge < -0.3 is 14.2 Å². The van der Waals surface area contributed by atoms with Crippen LogP contribution in [0.1, 0.15) is 0 Å². The Hall–Kier alpha value is -3.44. The number of hydrogen-bond donors (Lipinski definition) is 0.